The van der Waals surface area contributed by atoms with Crippen LogP contribution in [0.2, 0.25) is 0 Å². The van der Waals surface area contributed by atoms with E-state index in [1.54, 1.807) is 6.07 Å². The Kier molecular flexibility index (Phi) is 2.62. The van der Waals surface area contributed by atoms with E-state index in [9.17, 15) is 4.39 Å². The zero-order chi connectivity index (χ0) is 10.3. The van der Waals surface area contributed by atoms with E-state index in [1.807, 2.05) is 6.07 Å². The summed E-state index contributed by atoms with van der Waals surface area (Å²) in [6.07, 6.45) is 2.08. The van der Waals surface area contributed by atoms with Gasteiger partial charge in [-0.1, -0.05) is 0 Å². The molecule has 1 atom stereocenters. The first-order valence-electron chi connectivity index (χ1n) is 4.74. The van der Waals surface area contributed by atoms with Crippen LogP contribution in [0.5, 0.6) is 0 Å². The van der Waals surface area contributed by atoms with Gasteiger partial charge in [0.2, 0.25) is 0 Å². The summed E-state index contributed by atoms with van der Waals surface area (Å²) < 4.78 is 13.8. The minimum absolute atomic E-state index is 0.150. The number of hydrogen-bond donors (Lipinski definition) is 0. The standard InChI is InChI=1S/C11H13BrFN/c1-14(2)11-4-3-7-5-10(13)9(12)6-8(7)11/h5-6,11H,3-4H2,1-2H3. The fourth-order valence-corrected chi connectivity index (χ4v) is 2.48. The quantitative estimate of drug-likeness (QED) is 0.748. The highest BCUT2D eigenvalue weighted by Crippen LogP contribution is 2.36. The second-order valence-electron chi connectivity index (χ2n) is 3.98. The lowest BCUT2D eigenvalue weighted by molar-refractivity contribution is 0.299. The molecular formula is C11H13BrFN. The van der Waals surface area contributed by atoms with E-state index in [-0.39, 0.29) is 5.82 Å². The van der Waals surface area contributed by atoms with Gasteiger partial charge in [-0.05, 0) is 66.1 Å². The molecule has 0 fully saturated rings. The summed E-state index contributed by atoms with van der Waals surface area (Å²) in [5.74, 6) is -0.150. The third-order valence-corrected chi connectivity index (χ3v) is 3.46. The highest BCUT2D eigenvalue weighted by Gasteiger charge is 2.25. The molecule has 0 heterocycles. The molecule has 0 saturated carbocycles. The lowest BCUT2D eigenvalue weighted by Gasteiger charge is -2.20. The molecule has 1 nitrogen and oxygen atoms in total. The van der Waals surface area contributed by atoms with Gasteiger partial charge in [-0.15, -0.1) is 0 Å². The highest BCUT2D eigenvalue weighted by molar-refractivity contribution is 9.10. The smallest absolute Gasteiger partial charge is 0.137 e. The van der Waals surface area contributed by atoms with Crippen LogP contribution in [0.3, 0.4) is 0 Å². The van der Waals surface area contributed by atoms with E-state index >= 15 is 0 Å². The largest absolute Gasteiger partial charge is 0.302 e. The lowest BCUT2D eigenvalue weighted by atomic mass is 10.1. The average Bonchev–Trinajstić information content (AvgIpc) is 2.48. The van der Waals surface area contributed by atoms with E-state index in [0.717, 1.165) is 18.4 Å². The second-order valence-corrected chi connectivity index (χ2v) is 4.84. The number of hydrogen-bond acceptors (Lipinski definition) is 1. The number of nitrogens with zero attached hydrogens (tertiary/aromatic N) is 1. The number of rotatable bonds is 1. The fraction of sp³-hybridized carbons (Fsp3) is 0.455. The van der Waals surface area contributed by atoms with Crippen molar-refractivity contribution in [2.45, 2.75) is 18.9 Å². The van der Waals surface area contributed by atoms with Crippen molar-refractivity contribution < 1.29 is 4.39 Å². The second kappa shape index (κ2) is 3.63. The number of fused-ring (bicyclic) bond motifs is 1. The molecule has 0 saturated heterocycles. The Morgan fingerprint density at radius 2 is 2.14 bits per heavy atom. The molecule has 3 heteroatoms. The molecule has 0 aromatic heterocycles. The summed E-state index contributed by atoms with van der Waals surface area (Å²) >= 11 is 3.23. The first kappa shape index (κ1) is 10.1. The van der Waals surface area contributed by atoms with Crippen LogP contribution in [-0.4, -0.2) is 19.0 Å². The van der Waals surface area contributed by atoms with E-state index < -0.39 is 0 Å². The Morgan fingerprint density at radius 1 is 1.43 bits per heavy atom. The highest BCUT2D eigenvalue weighted by atomic mass is 79.9. The maximum atomic E-state index is 13.2. The average molecular weight is 258 g/mol. The van der Waals surface area contributed by atoms with E-state index in [2.05, 4.69) is 34.9 Å². The van der Waals surface area contributed by atoms with Crippen LogP contribution in [0.15, 0.2) is 16.6 Å². The third-order valence-electron chi connectivity index (χ3n) is 2.85. The summed E-state index contributed by atoms with van der Waals surface area (Å²) in [6, 6.07) is 4.02. The minimum atomic E-state index is -0.150. The molecule has 1 aliphatic rings. The molecule has 1 aromatic carbocycles. The van der Waals surface area contributed by atoms with E-state index in [1.165, 1.54) is 5.56 Å². The van der Waals surface area contributed by atoms with Crippen molar-refractivity contribution in [3.05, 3.63) is 33.5 Å². The van der Waals surface area contributed by atoms with Crippen LogP contribution >= 0.6 is 15.9 Å². The van der Waals surface area contributed by atoms with Crippen molar-refractivity contribution in [1.29, 1.82) is 0 Å². The van der Waals surface area contributed by atoms with Crippen LogP contribution < -0.4 is 0 Å². The monoisotopic (exact) mass is 257 g/mol. The molecule has 0 aliphatic heterocycles. The zero-order valence-corrected chi connectivity index (χ0v) is 9.94. The number of benzene rings is 1. The molecule has 2 rings (SSSR count). The van der Waals surface area contributed by atoms with Crippen LogP contribution in [0, 0.1) is 5.82 Å². The van der Waals surface area contributed by atoms with Gasteiger partial charge in [0.15, 0.2) is 0 Å². The van der Waals surface area contributed by atoms with Crippen LogP contribution in [0.25, 0.3) is 0 Å². The summed E-state index contributed by atoms with van der Waals surface area (Å²) in [7, 11) is 4.13. The van der Waals surface area contributed by atoms with Crippen molar-refractivity contribution in [1.82, 2.24) is 4.90 Å². The molecule has 1 aliphatic carbocycles. The van der Waals surface area contributed by atoms with Gasteiger partial charge in [0.25, 0.3) is 0 Å². The van der Waals surface area contributed by atoms with E-state index in [0.29, 0.717) is 10.5 Å². The Labute approximate surface area is 92.0 Å². The Hall–Kier alpha value is -0.410. The van der Waals surface area contributed by atoms with Crippen molar-refractivity contribution >= 4 is 15.9 Å². The minimum Gasteiger partial charge on any atom is -0.302 e. The maximum absolute atomic E-state index is 13.2. The predicted octanol–water partition coefficient (Wildman–Crippen LogP) is 3.14. The molecule has 76 valence electrons. The van der Waals surface area contributed by atoms with Gasteiger partial charge in [0, 0.05) is 6.04 Å². The van der Waals surface area contributed by atoms with Gasteiger partial charge in [-0.25, -0.2) is 4.39 Å². The molecule has 1 unspecified atom stereocenters. The Balaban J connectivity index is 2.45. The first-order chi connectivity index (χ1) is 6.59. The van der Waals surface area contributed by atoms with Gasteiger partial charge >= 0.3 is 0 Å². The maximum Gasteiger partial charge on any atom is 0.137 e. The van der Waals surface area contributed by atoms with Gasteiger partial charge in [0.1, 0.15) is 5.82 Å². The van der Waals surface area contributed by atoms with Crippen LogP contribution in [-0.2, 0) is 6.42 Å². The van der Waals surface area contributed by atoms with Crippen LogP contribution in [0.1, 0.15) is 23.6 Å². The lowest BCUT2D eigenvalue weighted by Crippen LogP contribution is -2.17. The van der Waals surface area contributed by atoms with Crippen LogP contribution in [0.4, 0.5) is 4.39 Å². The molecule has 0 spiro atoms. The normalized spacial score (nSPS) is 20.2. The molecule has 0 bridgehead atoms. The first-order valence-corrected chi connectivity index (χ1v) is 5.53. The molecule has 1 aromatic rings. The summed E-state index contributed by atoms with van der Waals surface area (Å²) in [5, 5.41) is 0. The summed E-state index contributed by atoms with van der Waals surface area (Å²) in [4.78, 5) is 2.19. The topological polar surface area (TPSA) is 3.24 Å². The number of aryl methyl sites for hydroxylation is 1. The Morgan fingerprint density at radius 3 is 2.79 bits per heavy atom. The number of halogens is 2. The van der Waals surface area contributed by atoms with Crippen molar-refractivity contribution in [2.75, 3.05) is 14.1 Å². The molecular weight excluding hydrogens is 245 g/mol. The summed E-state index contributed by atoms with van der Waals surface area (Å²) in [5.41, 5.74) is 2.42. The molecule has 14 heavy (non-hydrogen) atoms. The van der Waals surface area contributed by atoms with Gasteiger partial charge in [-0.3, -0.25) is 0 Å². The van der Waals surface area contributed by atoms with Crippen molar-refractivity contribution in [3.8, 4) is 0 Å². The molecule has 0 N–H and O–H groups in total. The molecule has 0 radical (unpaired) electrons. The fourth-order valence-electron chi connectivity index (χ4n) is 2.11. The summed E-state index contributed by atoms with van der Waals surface area (Å²) in [6.45, 7) is 0. The molecule has 0 amide bonds. The van der Waals surface area contributed by atoms with Gasteiger partial charge < -0.3 is 4.90 Å². The van der Waals surface area contributed by atoms with Crippen molar-refractivity contribution in [2.24, 2.45) is 0 Å². The Bertz CT molecular complexity index is 363. The predicted molar refractivity (Wildman–Crippen MR) is 58.8 cm³/mol. The van der Waals surface area contributed by atoms with Gasteiger partial charge in [-0.2, -0.15) is 0 Å². The SMILES string of the molecule is CN(C)C1CCc2cc(F)c(Br)cc21. The van der Waals surface area contributed by atoms with Crippen molar-refractivity contribution in [3.63, 3.8) is 0 Å². The zero-order valence-electron chi connectivity index (χ0n) is 8.35. The van der Waals surface area contributed by atoms with Gasteiger partial charge in [0.05, 0.1) is 4.47 Å². The third kappa shape index (κ3) is 1.59. The van der Waals surface area contributed by atoms with E-state index in [4.69, 9.17) is 0 Å².